The van der Waals surface area contributed by atoms with Crippen LogP contribution in [0, 0.1) is 5.82 Å². The molecule has 1 aromatic rings. The Morgan fingerprint density at radius 1 is 1.37 bits per heavy atom. The Morgan fingerprint density at radius 3 is 2.84 bits per heavy atom. The van der Waals surface area contributed by atoms with Gasteiger partial charge in [0.05, 0.1) is 11.5 Å². The number of hydrogen-bond donors (Lipinski definition) is 2. The van der Waals surface area contributed by atoms with Gasteiger partial charge in [-0.3, -0.25) is 10.1 Å². The van der Waals surface area contributed by atoms with E-state index in [2.05, 4.69) is 10.6 Å². The van der Waals surface area contributed by atoms with E-state index >= 15 is 0 Å². The van der Waals surface area contributed by atoms with Crippen molar-refractivity contribution in [3.63, 3.8) is 0 Å². The number of fused-ring (bicyclic) bond motifs is 1. The third-order valence-corrected chi connectivity index (χ3v) is 5.25. The molecular weight excluding hydrogens is 271 g/mol. The first-order chi connectivity index (χ1) is 8.94. The SMILES string of the molecule is O=C1Nc2cc(F)ccc2C1NC1CCS(=O)(=O)C1. The fraction of sp³-hybridized carbons (Fsp3) is 0.417. The van der Waals surface area contributed by atoms with Crippen molar-refractivity contribution in [2.75, 3.05) is 16.8 Å². The molecule has 19 heavy (non-hydrogen) atoms. The van der Waals surface area contributed by atoms with Gasteiger partial charge in [0.1, 0.15) is 11.9 Å². The van der Waals surface area contributed by atoms with Gasteiger partial charge in [-0.05, 0) is 18.6 Å². The van der Waals surface area contributed by atoms with Gasteiger partial charge in [-0.25, -0.2) is 12.8 Å². The maximum absolute atomic E-state index is 13.1. The Labute approximate surface area is 110 Å². The molecule has 0 bridgehead atoms. The normalized spacial score (nSPS) is 28.2. The van der Waals surface area contributed by atoms with Crippen molar-refractivity contribution in [1.82, 2.24) is 5.32 Å². The number of halogens is 1. The van der Waals surface area contributed by atoms with Crippen LogP contribution in [0.15, 0.2) is 18.2 Å². The number of carbonyl (C=O) groups is 1. The quantitative estimate of drug-likeness (QED) is 0.833. The van der Waals surface area contributed by atoms with Gasteiger partial charge in [-0.2, -0.15) is 0 Å². The summed E-state index contributed by atoms with van der Waals surface area (Å²) in [4.78, 5) is 11.8. The van der Waals surface area contributed by atoms with Crippen molar-refractivity contribution in [2.24, 2.45) is 0 Å². The van der Waals surface area contributed by atoms with Crippen LogP contribution in [0.25, 0.3) is 0 Å². The minimum Gasteiger partial charge on any atom is -0.324 e. The van der Waals surface area contributed by atoms with Gasteiger partial charge in [-0.15, -0.1) is 0 Å². The van der Waals surface area contributed by atoms with E-state index in [1.165, 1.54) is 12.1 Å². The average molecular weight is 284 g/mol. The Bertz CT molecular complexity index is 644. The maximum Gasteiger partial charge on any atom is 0.246 e. The Morgan fingerprint density at radius 2 is 2.16 bits per heavy atom. The molecule has 102 valence electrons. The lowest BCUT2D eigenvalue weighted by atomic mass is 10.1. The predicted octanol–water partition coefficient (Wildman–Crippen LogP) is 0.596. The number of sulfone groups is 1. The topological polar surface area (TPSA) is 75.3 Å². The molecule has 2 unspecified atom stereocenters. The Balaban J connectivity index is 1.81. The van der Waals surface area contributed by atoms with Crippen molar-refractivity contribution < 1.29 is 17.6 Å². The van der Waals surface area contributed by atoms with Gasteiger partial charge in [0.25, 0.3) is 0 Å². The fourth-order valence-electron chi connectivity index (χ4n) is 2.56. The molecule has 2 heterocycles. The molecule has 3 rings (SSSR count). The van der Waals surface area contributed by atoms with Gasteiger partial charge in [0.15, 0.2) is 9.84 Å². The third-order valence-electron chi connectivity index (χ3n) is 3.48. The van der Waals surface area contributed by atoms with Crippen molar-refractivity contribution in [3.8, 4) is 0 Å². The zero-order chi connectivity index (χ0) is 13.6. The second kappa shape index (κ2) is 4.28. The second-order valence-corrected chi connectivity index (χ2v) is 7.15. The largest absolute Gasteiger partial charge is 0.324 e. The number of benzene rings is 1. The van der Waals surface area contributed by atoms with Crippen molar-refractivity contribution in [1.29, 1.82) is 0 Å². The Kier molecular flexibility index (Phi) is 2.83. The first-order valence-electron chi connectivity index (χ1n) is 6.01. The van der Waals surface area contributed by atoms with E-state index in [0.29, 0.717) is 17.7 Å². The molecule has 0 radical (unpaired) electrons. The first kappa shape index (κ1) is 12.6. The summed E-state index contributed by atoms with van der Waals surface area (Å²) < 4.78 is 35.9. The minimum atomic E-state index is -2.99. The monoisotopic (exact) mass is 284 g/mol. The molecule has 1 amide bonds. The van der Waals surface area contributed by atoms with Gasteiger partial charge in [0, 0.05) is 17.3 Å². The first-order valence-corrected chi connectivity index (χ1v) is 7.83. The molecule has 0 saturated carbocycles. The molecule has 2 N–H and O–H groups in total. The van der Waals surface area contributed by atoms with Gasteiger partial charge in [-0.1, -0.05) is 6.07 Å². The Hall–Kier alpha value is -1.47. The van der Waals surface area contributed by atoms with Crippen LogP contribution in [0.5, 0.6) is 0 Å². The molecule has 7 heteroatoms. The summed E-state index contributed by atoms with van der Waals surface area (Å²) in [5, 5.41) is 5.64. The highest BCUT2D eigenvalue weighted by Crippen LogP contribution is 2.32. The maximum atomic E-state index is 13.1. The zero-order valence-electron chi connectivity index (χ0n) is 10.0. The standard InChI is InChI=1S/C12H13FN2O3S/c13-7-1-2-9-10(5-7)15-12(16)11(9)14-8-3-4-19(17,18)6-8/h1-2,5,8,11,14H,3-4,6H2,(H,15,16). The predicted molar refractivity (Wildman–Crippen MR) is 68.0 cm³/mol. The highest BCUT2D eigenvalue weighted by Gasteiger charge is 2.36. The number of anilines is 1. The lowest BCUT2D eigenvalue weighted by Gasteiger charge is -2.16. The van der Waals surface area contributed by atoms with Crippen LogP contribution in [-0.4, -0.2) is 31.9 Å². The molecular formula is C12H13FN2O3S. The zero-order valence-corrected chi connectivity index (χ0v) is 10.8. The molecule has 2 aliphatic heterocycles. The van der Waals surface area contributed by atoms with Crippen LogP contribution in [0.2, 0.25) is 0 Å². The van der Waals surface area contributed by atoms with Gasteiger partial charge >= 0.3 is 0 Å². The fourth-order valence-corrected chi connectivity index (χ4v) is 4.25. The van der Waals surface area contributed by atoms with E-state index in [0.717, 1.165) is 0 Å². The van der Waals surface area contributed by atoms with Crippen molar-refractivity contribution in [2.45, 2.75) is 18.5 Å². The van der Waals surface area contributed by atoms with E-state index in [1.807, 2.05) is 0 Å². The molecule has 5 nitrogen and oxygen atoms in total. The molecule has 0 aliphatic carbocycles. The van der Waals surface area contributed by atoms with Crippen LogP contribution < -0.4 is 10.6 Å². The van der Waals surface area contributed by atoms with Crippen LogP contribution >= 0.6 is 0 Å². The van der Waals surface area contributed by atoms with E-state index in [4.69, 9.17) is 0 Å². The minimum absolute atomic E-state index is 0.0489. The smallest absolute Gasteiger partial charge is 0.246 e. The summed E-state index contributed by atoms with van der Waals surface area (Å²) in [5.74, 6) is -0.490. The van der Waals surface area contributed by atoms with Crippen LogP contribution in [-0.2, 0) is 14.6 Å². The van der Waals surface area contributed by atoms with Gasteiger partial charge < -0.3 is 5.32 Å². The van der Waals surface area contributed by atoms with E-state index in [-0.39, 0.29) is 23.5 Å². The summed E-state index contributed by atoms with van der Waals surface area (Å²) in [6.07, 6.45) is 0.503. The van der Waals surface area contributed by atoms with E-state index < -0.39 is 21.7 Å². The molecule has 0 spiro atoms. The number of carbonyl (C=O) groups excluding carboxylic acids is 1. The highest BCUT2D eigenvalue weighted by atomic mass is 32.2. The summed E-state index contributed by atoms with van der Waals surface area (Å²) in [7, 11) is -2.99. The number of rotatable bonds is 2. The second-order valence-electron chi connectivity index (χ2n) is 4.92. The molecule has 2 aliphatic rings. The van der Waals surface area contributed by atoms with Crippen LogP contribution in [0.1, 0.15) is 18.0 Å². The summed E-state index contributed by atoms with van der Waals surface area (Å²) >= 11 is 0. The van der Waals surface area contributed by atoms with Crippen LogP contribution in [0.4, 0.5) is 10.1 Å². The lowest BCUT2D eigenvalue weighted by molar-refractivity contribution is -0.117. The highest BCUT2D eigenvalue weighted by molar-refractivity contribution is 7.91. The number of hydrogen-bond acceptors (Lipinski definition) is 4. The van der Waals surface area contributed by atoms with E-state index in [1.54, 1.807) is 6.07 Å². The molecule has 0 aromatic heterocycles. The van der Waals surface area contributed by atoms with Gasteiger partial charge in [0.2, 0.25) is 5.91 Å². The number of amides is 1. The van der Waals surface area contributed by atoms with Crippen molar-refractivity contribution >= 4 is 21.4 Å². The molecule has 1 saturated heterocycles. The molecule has 1 fully saturated rings. The third kappa shape index (κ3) is 2.35. The summed E-state index contributed by atoms with van der Waals surface area (Å²) in [5.41, 5.74) is 1.11. The lowest BCUT2D eigenvalue weighted by Crippen LogP contribution is -2.37. The molecule has 2 atom stereocenters. The van der Waals surface area contributed by atoms with E-state index in [9.17, 15) is 17.6 Å². The number of nitrogens with one attached hydrogen (secondary N) is 2. The average Bonchev–Trinajstić information content (AvgIpc) is 2.80. The summed E-state index contributed by atoms with van der Waals surface area (Å²) in [6.45, 7) is 0. The molecule has 1 aromatic carbocycles. The van der Waals surface area contributed by atoms with Crippen molar-refractivity contribution in [3.05, 3.63) is 29.6 Å². The van der Waals surface area contributed by atoms with Crippen LogP contribution in [0.3, 0.4) is 0 Å². The summed E-state index contributed by atoms with van der Waals surface area (Å²) in [6, 6.07) is 3.27.